The molecule has 4 aliphatic carbocycles. The van der Waals surface area contributed by atoms with Crippen molar-refractivity contribution in [3.8, 4) is 5.69 Å². The van der Waals surface area contributed by atoms with Crippen LogP contribution in [-0.2, 0) is 27.2 Å². The Morgan fingerprint density at radius 1 is 1.26 bits per heavy atom. The number of aliphatic hydroxyl groups excluding tert-OH is 3. The van der Waals surface area contributed by atoms with Gasteiger partial charge in [-0.15, -0.1) is 0 Å². The topological polar surface area (TPSA) is 131 Å². The lowest BCUT2D eigenvalue weighted by molar-refractivity contribution is -0.671. The third kappa shape index (κ3) is 4.62. The van der Waals surface area contributed by atoms with Gasteiger partial charge in [0.1, 0.15) is 19.0 Å². The monoisotopic (exact) mass is 638 g/mol. The van der Waals surface area contributed by atoms with Crippen LogP contribution in [0.3, 0.4) is 0 Å². The van der Waals surface area contributed by atoms with Gasteiger partial charge in [-0.25, -0.2) is 9.07 Å². The van der Waals surface area contributed by atoms with Crippen LogP contribution in [0.15, 0.2) is 30.0 Å². The number of hydrogen-bond donors (Lipinski definition) is 4. The summed E-state index contributed by atoms with van der Waals surface area (Å²) in [7, 11) is 0. The van der Waals surface area contributed by atoms with Crippen LogP contribution in [0.2, 0.25) is 0 Å². The molecule has 5 aliphatic rings. The number of allylic oxidation sites excluding steroid dienone is 1. The number of carbonyl (C=O) groups excluding carboxylic acids is 1. The number of ketones is 1. The van der Waals surface area contributed by atoms with E-state index < -0.39 is 36.1 Å². The van der Waals surface area contributed by atoms with Gasteiger partial charge in [-0.1, -0.05) is 32.8 Å². The lowest BCUT2D eigenvalue weighted by atomic mass is 9.45. The number of fused-ring (bicyclic) bond motifs is 8. The second kappa shape index (κ2) is 11.9. The Balaban J connectivity index is 1.18. The van der Waals surface area contributed by atoms with Gasteiger partial charge in [0.05, 0.1) is 36.3 Å². The summed E-state index contributed by atoms with van der Waals surface area (Å²) in [6.07, 6.45) is 8.49. The second-order valence-corrected chi connectivity index (χ2v) is 14.9. The number of ether oxygens (including phenoxy) is 2. The van der Waals surface area contributed by atoms with Gasteiger partial charge >= 0.3 is 0 Å². The number of aromatic nitrogens is 2. The largest absolute Gasteiger partial charge is 0.396 e. The van der Waals surface area contributed by atoms with Gasteiger partial charge in [-0.2, -0.15) is 5.10 Å². The molecule has 46 heavy (non-hydrogen) atoms. The van der Waals surface area contributed by atoms with Crippen molar-refractivity contribution >= 4 is 11.9 Å². The number of quaternary nitrogens is 1. The molecular formula is C36H49FN3O6+. The Morgan fingerprint density at radius 2 is 2.09 bits per heavy atom. The first-order valence-electron chi connectivity index (χ1n) is 17.3. The number of Topliss-reactive ketones (excluding diaryl/α,β-unsaturated/α-hetero) is 1. The average molecular weight is 639 g/mol. The first kappa shape index (κ1) is 32.1. The Labute approximate surface area is 270 Å². The number of carbonyl (C=O) groups is 1. The summed E-state index contributed by atoms with van der Waals surface area (Å²) in [6.45, 7) is 7.19. The summed E-state index contributed by atoms with van der Waals surface area (Å²) in [5, 5.41) is 38.1. The van der Waals surface area contributed by atoms with Crippen LogP contribution in [0.1, 0.15) is 82.5 Å². The van der Waals surface area contributed by atoms with Crippen molar-refractivity contribution in [3.05, 3.63) is 52.6 Å². The summed E-state index contributed by atoms with van der Waals surface area (Å²) in [5.41, 5.74) is 2.69. The molecule has 0 unspecified atom stereocenters. The van der Waals surface area contributed by atoms with Crippen molar-refractivity contribution in [1.82, 2.24) is 9.78 Å². The standard InChI is InChI=1S/C36H48FN3O6/c1-4-6-32-45-31-15-26-25-9-7-23-14-28-22(19-39-40(28)24-8-10-27(37)21(13-24)18-38-11-5-12-41)16-34(23,2)33(25)29(43)17-35(26,3)36(31,46-32)30(44)20-42/h8,10,13-14,19,25-26,29,31-33,38,41-43H,4-7,9,11-12,15-18,20H2,1-3H3/p+1/t25-,26-,29-,31+,32-,33+,34-,35-,36+/m0/s1. The normalized spacial score (nSPS) is 37.6. The number of nitrogens with zero attached hydrogens (tertiary/aromatic N) is 2. The summed E-state index contributed by atoms with van der Waals surface area (Å²) in [4.78, 5) is 13.6. The first-order valence-corrected chi connectivity index (χ1v) is 17.3. The molecule has 0 spiro atoms. The minimum atomic E-state index is -1.24. The molecule has 1 saturated heterocycles. The lowest BCUT2D eigenvalue weighted by Crippen LogP contribution is -2.82. The van der Waals surface area contributed by atoms with Crippen molar-refractivity contribution in [2.75, 3.05) is 19.8 Å². The van der Waals surface area contributed by atoms with E-state index in [0.717, 1.165) is 49.2 Å². The van der Waals surface area contributed by atoms with E-state index in [2.05, 4.69) is 26.8 Å². The fourth-order valence-corrected chi connectivity index (χ4v) is 10.5. The predicted molar refractivity (Wildman–Crippen MR) is 168 cm³/mol. The molecule has 1 aromatic heterocycles. The van der Waals surface area contributed by atoms with E-state index in [0.29, 0.717) is 37.8 Å². The Bertz CT molecular complexity index is 1530. The van der Waals surface area contributed by atoms with Crippen LogP contribution in [0, 0.1) is 34.4 Å². The quantitative estimate of drug-likeness (QED) is 0.295. The number of nitrogens with two attached hydrogens (primary N) is 1. The van der Waals surface area contributed by atoms with Gasteiger partial charge in [0.2, 0.25) is 0 Å². The number of rotatable bonds is 10. The van der Waals surface area contributed by atoms with Gasteiger partial charge in [0.15, 0.2) is 17.7 Å². The van der Waals surface area contributed by atoms with E-state index in [-0.39, 0.29) is 41.4 Å². The zero-order chi connectivity index (χ0) is 32.4. The first-order chi connectivity index (χ1) is 22.1. The maximum absolute atomic E-state index is 14.7. The SMILES string of the molecule is CCC[C@H]1O[C@@H]2C[C@H]3[C@@H]4CCC5=Cc6c(cnn6-c6ccc(F)c(C[NH2+]CCCO)c6)C[C@]5(C)[C@H]4[C@@H](O)C[C@]3(C)[C@]2(C(=O)CO)O1. The summed E-state index contributed by atoms with van der Waals surface area (Å²) in [5.74, 6) is -0.266. The zero-order valence-corrected chi connectivity index (χ0v) is 27.3. The zero-order valence-electron chi connectivity index (χ0n) is 27.3. The summed E-state index contributed by atoms with van der Waals surface area (Å²) in [6, 6.07) is 5.13. The smallest absolute Gasteiger partial charge is 0.193 e. The van der Waals surface area contributed by atoms with Crippen LogP contribution in [0.5, 0.6) is 0 Å². The van der Waals surface area contributed by atoms with Gasteiger partial charge in [-0.3, -0.25) is 4.79 Å². The number of aliphatic hydroxyl groups is 3. The predicted octanol–water partition coefficient (Wildman–Crippen LogP) is 3.06. The third-order valence-electron chi connectivity index (χ3n) is 12.5. The maximum Gasteiger partial charge on any atom is 0.193 e. The van der Waals surface area contributed by atoms with Gasteiger partial charge in [0.25, 0.3) is 0 Å². The highest BCUT2D eigenvalue weighted by Crippen LogP contribution is 2.70. The fraction of sp³-hybridized carbons (Fsp3) is 0.667. The molecule has 1 aliphatic heterocycles. The summed E-state index contributed by atoms with van der Waals surface area (Å²) >= 11 is 0. The van der Waals surface area contributed by atoms with Crippen molar-refractivity contribution in [2.24, 2.45) is 28.6 Å². The molecule has 0 radical (unpaired) electrons. The van der Waals surface area contributed by atoms with Crippen LogP contribution >= 0.6 is 0 Å². The molecule has 5 N–H and O–H groups in total. The molecule has 9 atom stereocenters. The Kier molecular flexibility index (Phi) is 8.30. The number of halogens is 1. The van der Waals surface area contributed by atoms with E-state index in [9.17, 15) is 19.4 Å². The Hall–Kier alpha value is -2.47. The average Bonchev–Trinajstić information content (AvgIpc) is 3.67. The molecule has 7 rings (SSSR count). The molecule has 4 fully saturated rings. The van der Waals surface area contributed by atoms with Gasteiger partial charge in [-0.05, 0) is 91.5 Å². The molecule has 2 aromatic rings. The Morgan fingerprint density at radius 3 is 2.85 bits per heavy atom. The van der Waals surface area contributed by atoms with Crippen molar-refractivity contribution in [3.63, 3.8) is 0 Å². The van der Waals surface area contributed by atoms with Crippen molar-refractivity contribution in [2.45, 2.75) is 103 Å². The second-order valence-electron chi connectivity index (χ2n) is 14.9. The minimum absolute atomic E-state index is 0.000463. The molecule has 9 nitrogen and oxygen atoms in total. The highest BCUT2D eigenvalue weighted by Gasteiger charge is 2.75. The van der Waals surface area contributed by atoms with Crippen LogP contribution in [0.4, 0.5) is 4.39 Å². The molecule has 3 saturated carbocycles. The molecule has 0 bridgehead atoms. The van der Waals surface area contributed by atoms with Crippen molar-refractivity contribution in [1.29, 1.82) is 0 Å². The van der Waals surface area contributed by atoms with Gasteiger partial charge in [0, 0.05) is 24.0 Å². The number of hydrogen-bond acceptors (Lipinski definition) is 7. The highest BCUT2D eigenvalue weighted by molar-refractivity contribution is 5.91. The van der Waals surface area contributed by atoms with Crippen LogP contribution < -0.4 is 5.32 Å². The maximum atomic E-state index is 14.7. The summed E-state index contributed by atoms with van der Waals surface area (Å²) < 4.78 is 29.5. The van der Waals surface area contributed by atoms with Crippen molar-refractivity contribution < 1.29 is 39.3 Å². The number of benzene rings is 1. The molecule has 0 amide bonds. The van der Waals surface area contributed by atoms with Crippen LogP contribution in [0.25, 0.3) is 11.8 Å². The lowest BCUT2D eigenvalue weighted by Gasteiger charge is -2.60. The highest BCUT2D eigenvalue weighted by atomic mass is 19.1. The fourth-order valence-electron chi connectivity index (χ4n) is 10.5. The molecule has 10 heteroatoms. The minimum Gasteiger partial charge on any atom is -0.396 e. The van der Waals surface area contributed by atoms with E-state index in [1.807, 2.05) is 22.3 Å². The third-order valence-corrected chi connectivity index (χ3v) is 12.5. The van der Waals surface area contributed by atoms with E-state index >= 15 is 0 Å². The molecule has 2 heterocycles. The van der Waals surface area contributed by atoms with Crippen LogP contribution in [-0.4, -0.2) is 74.7 Å². The van der Waals surface area contributed by atoms with Gasteiger partial charge < -0.3 is 30.1 Å². The van der Waals surface area contributed by atoms with E-state index in [4.69, 9.17) is 19.7 Å². The van der Waals surface area contributed by atoms with E-state index in [1.54, 1.807) is 6.07 Å². The molecule has 1 aromatic carbocycles. The van der Waals surface area contributed by atoms with E-state index in [1.165, 1.54) is 11.6 Å². The molecular weight excluding hydrogens is 589 g/mol. The molecule has 250 valence electrons.